The molecule has 3 atom stereocenters. The summed E-state index contributed by atoms with van der Waals surface area (Å²) in [5.41, 5.74) is 0.152. The van der Waals surface area contributed by atoms with Gasteiger partial charge >= 0.3 is 5.97 Å². The smallest absolute Gasteiger partial charge is 0.320 e. The summed E-state index contributed by atoms with van der Waals surface area (Å²) in [6.45, 7) is 1.98. The number of carbonyl (C=O) groups is 2. The molecule has 22 heavy (non-hydrogen) atoms. The first-order valence-electron chi connectivity index (χ1n) is 6.99. The van der Waals surface area contributed by atoms with Crippen molar-refractivity contribution in [1.82, 2.24) is 0 Å². The first-order chi connectivity index (χ1) is 10.4. The molecule has 1 aromatic carbocycles. The SMILES string of the molecule is CCOC(=O)[C@H]1SC[C@H](O)[C@]12C(=O)N(C)c1ccc(Br)cc12. The number of amides is 1. The number of thioether (sulfide) groups is 1. The van der Waals surface area contributed by atoms with Crippen molar-refractivity contribution in [3.05, 3.63) is 28.2 Å². The molecular formula is C15H16BrNO4S. The van der Waals surface area contributed by atoms with Crippen LogP contribution in [0.4, 0.5) is 5.69 Å². The lowest BCUT2D eigenvalue weighted by molar-refractivity contribution is -0.147. The van der Waals surface area contributed by atoms with Crippen LogP contribution in [0.1, 0.15) is 12.5 Å². The van der Waals surface area contributed by atoms with Crippen molar-refractivity contribution in [2.45, 2.75) is 23.7 Å². The summed E-state index contributed by atoms with van der Waals surface area (Å²) in [4.78, 5) is 26.8. The Morgan fingerprint density at radius 1 is 1.59 bits per heavy atom. The number of aliphatic hydroxyl groups is 1. The van der Waals surface area contributed by atoms with E-state index in [2.05, 4.69) is 15.9 Å². The van der Waals surface area contributed by atoms with E-state index < -0.39 is 22.7 Å². The third-order valence-corrected chi connectivity index (χ3v) is 6.18. The second-order valence-electron chi connectivity index (χ2n) is 5.38. The predicted molar refractivity (Wildman–Crippen MR) is 88.1 cm³/mol. The molecule has 0 aliphatic carbocycles. The van der Waals surface area contributed by atoms with Gasteiger partial charge in [0.15, 0.2) is 0 Å². The van der Waals surface area contributed by atoms with Gasteiger partial charge in [0.25, 0.3) is 0 Å². The van der Waals surface area contributed by atoms with Crippen LogP contribution in [0.2, 0.25) is 0 Å². The third kappa shape index (κ3) is 1.95. The summed E-state index contributed by atoms with van der Waals surface area (Å²) in [6, 6.07) is 5.48. The zero-order chi connectivity index (χ0) is 16.1. The van der Waals surface area contributed by atoms with E-state index in [1.54, 1.807) is 14.0 Å². The Kier molecular flexibility index (Phi) is 3.99. The number of fused-ring (bicyclic) bond motifs is 2. The zero-order valence-corrected chi connectivity index (χ0v) is 14.6. The van der Waals surface area contributed by atoms with Crippen LogP contribution in [0.3, 0.4) is 0 Å². The molecule has 0 saturated carbocycles. The topological polar surface area (TPSA) is 66.8 Å². The third-order valence-electron chi connectivity index (χ3n) is 4.28. The summed E-state index contributed by atoms with van der Waals surface area (Å²) in [6.07, 6.45) is -0.919. The van der Waals surface area contributed by atoms with Crippen LogP contribution >= 0.6 is 27.7 Å². The molecule has 1 amide bonds. The molecule has 1 aromatic rings. The average Bonchev–Trinajstić information content (AvgIpc) is 2.93. The number of anilines is 1. The Morgan fingerprint density at radius 2 is 2.32 bits per heavy atom. The molecule has 1 fully saturated rings. The highest BCUT2D eigenvalue weighted by atomic mass is 79.9. The zero-order valence-electron chi connectivity index (χ0n) is 12.2. The fraction of sp³-hybridized carbons (Fsp3) is 0.467. The number of carbonyl (C=O) groups excluding carboxylic acids is 2. The van der Waals surface area contributed by atoms with Crippen molar-refractivity contribution in [2.75, 3.05) is 24.3 Å². The van der Waals surface area contributed by atoms with E-state index in [1.807, 2.05) is 18.2 Å². The molecule has 5 nitrogen and oxygen atoms in total. The number of ether oxygens (including phenoxy) is 1. The molecule has 1 spiro atoms. The predicted octanol–water partition coefficient (Wildman–Crippen LogP) is 1.70. The van der Waals surface area contributed by atoms with E-state index in [0.29, 0.717) is 11.3 Å². The van der Waals surface area contributed by atoms with Crippen molar-refractivity contribution in [1.29, 1.82) is 0 Å². The lowest BCUT2D eigenvalue weighted by Crippen LogP contribution is -2.53. The summed E-state index contributed by atoms with van der Waals surface area (Å²) in [5, 5.41) is 9.87. The van der Waals surface area contributed by atoms with Crippen molar-refractivity contribution in [3.8, 4) is 0 Å². The van der Waals surface area contributed by atoms with Crippen LogP contribution in [0.5, 0.6) is 0 Å². The molecule has 7 heteroatoms. The van der Waals surface area contributed by atoms with Crippen LogP contribution in [0.25, 0.3) is 0 Å². The molecular weight excluding hydrogens is 370 g/mol. The van der Waals surface area contributed by atoms with Gasteiger partial charge in [-0.2, -0.15) is 0 Å². The van der Waals surface area contributed by atoms with Crippen molar-refractivity contribution in [3.63, 3.8) is 0 Å². The molecule has 2 aliphatic heterocycles. The quantitative estimate of drug-likeness (QED) is 0.784. The monoisotopic (exact) mass is 385 g/mol. The van der Waals surface area contributed by atoms with Gasteiger partial charge in [-0.25, -0.2) is 0 Å². The summed E-state index contributed by atoms with van der Waals surface area (Å²) in [5.74, 6) is -0.371. The summed E-state index contributed by atoms with van der Waals surface area (Å²) < 4.78 is 5.94. The van der Waals surface area contributed by atoms with E-state index in [1.165, 1.54) is 16.7 Å². The first kappa shape index (κ1) is 15.8. The number of halogens is 1. The normalized spacial score (nSPS) is 30.0. The van der Waals surface area contributed by atoms with Crippen molar-refractivity contribution < 1.29 is 19.4 Å². The minimum Gasteiger partial charge on any atom is -0.465 e. The molecule has 0 bridgehead atoms. The molecule has 3 rings (SSSR count). The number of hydrogen-bond donors (Lipinski definition) is 1. The van der Waals surface area contributed by atoms with E-state index >= 15 is 0 Å². The maximum absolute atomic E-state index is 13.0. The molecule has 1 N–H and O–H groups in total. The molecule has 118 valence electrons. The Balaban J connectivity index is 2.20. The number of benzene rings is 1. The van der Waals surface area contributed by atoms with Gasteiger partial charge in [0.05, 0.1) is 12.7 Å². The number of nitrogens with zero attached hydrogens (tertiary/aromatic N) is 1. The molecule has 0 aromatic heterocycles. The maximum atomic E-state index is 13.0. The van der Waals surface area contributed by atoms with Crippen LogP contribution in [0, 0.1) is 0 Å². The van der Waals surface area contributed by atoms with Gasteiger partial charge in [-0.3, -0.25) is 9.59 Å². The second kappa shape index (κ2) is 5.54. The standard InChI is InChI=1S/C15H16BrNO4S/c1-3-21-13(19)12-15(11(18)7-22-12)9-6-8(16)4-5-10(9)17(2)14(15)20/h4-6,11-12,18H,3,7H2,1-2H3/t11-,12+,15-/m0/s1. The second-order valence-corrected chi connectivity index (χ2v) is 7.43. The van der Waals surface area contributed by atoms with Gasteiger partial charge in [0.1, 0.15) is 10.7 Å². The highest BCUT2D eigenvalue weighted by Gasteiger charge is 2.65. The average molecular weight is 386 g/mol. The Morgan fingerprint density at radius 3 is 3.00 bits per heavy atom. The van der Waals surface area contributed by atoms with Crippen molar-refractivity contribution >= 4 is 45.3 Å². The molecule has 0 radical (unpaired) electrons. The molecule has 2 aliphatic rings. The molecule has 2 heterocycles. The van der Waals surface area contributed by atoms with Crippen molar-refractivity contribution in [2.24, 2.45) is 0 Å². The fourth-order valence-corrected chi connectivity index (χ4v) is 5.16. The van der Waals surface area contributed by atoms with Gasteiger partial charge < -0.3 is 14.7 Å². The lowest BCUT2D eigenvalue weighted by atomic mass is 9.74. The van der Waals surface area contributed by atoms with Gasteiger partial charge in [-0.15, -0.1) is 11.8 Å². The first-order valence-corrected chi connectivity index (χ1v) is 8.83. The Bertz CT molecular complexity index is 652. The van der Waals surface area contributed by atoms with E-state index in [0.717, 1.165) is 10.2 Å². The number of esters is 1. The highest BCUT2D eigenvalue weighted by molar-refractivity contribution is 9.10. The molecule has 0 unspecified atom stereocenters. The highest BCUT2D eigenvalue weighted by Crippen LogP contribution is 2.54. The van der Waals surface area contributed by atoms with Crippen LogP contribution < -0.4 is 4.90 Å². The number of hydrogen-bond acceptors (Lipinski definition) is 5. The van der Waals surface area contributed by atoms with E-state index in [9.17, 15) is 14.7 Å². The van der Waals surface area contributed by atoms with E-state index in [-0.39, 0.29) is 12.5 Å². The fourth-order valence-electron chi connectivity index (χ4n) is 3.31. The van der Waals surface area contributed by atoms with Gasteiger partial charge in [0.2, 0.25) is 5.91 Å². The minimum absolute atomic E-state index is 0.247. The van der Waals surface area contributed by atoms with Gasteiger partial charge in [0, 0.05) is 23.0 Å². The number of rotatable bonds is 2. The Hall–Kier alpha value is -1.05. The van der Waals surface area contributed by atoms with E-state index in [4.69, 9.17) is 4.74 Å². The Labute approximate surface area is 141 Å². The van der Waals surface area contributed by atoms with Gasteiger partial charge in [-0.05, 0) is 30.7 Å². The summed E-state index contributed by atoms with van der Waals surface area (Å²) in [7, 11) is 1.67. The number of likely N-dealkylation sites (N-methyl/N-ethyl adjacent to an activating group) is 1. The lowest BCUT2D eigenvalue weighted by Gasteiger charge is -2.30. The van der Waals surface area contributed by atoms with Crippen LogP contribution in [0.15, 0.2) is 22.7 Å². The number of aliphatic hydroxyl groups excluding tert-OH is 1. The van der Waals surface area contributed by atoms with Crippen LogP contribution in [-0.4, -0.2) is 47.7 Å². The van der Waals surface area contributed by atoms with Gasteiger partial charge in [-0.1, -0.05) is 15.9 Å². The molecule has 1 saturated heterocycles. The summed E-state index contributed by atoms with van der Waals surface area (Å²) >= 11 is 4.69. The largest absolute Gasteiger partial charge is 0.465 e. The maximum Gasteiger partial charge on any atom is 0.320 e. The minimum atomic E-state index is -1.26. The van der Waals surface area contributed by atoms with Crippen LogP contribution in [-0.2, 0) is 19.7 Å².